The number of rotatable bonds is 4. The zero-order valence-corrected chi connectivity index (χ0v) is 12.3. The van der Waals surface area contributed by atoms with Gasteiger partial charge in [-0.2, -0.15) is 4.98 Å². The molecule has 0 aliphatic heterocycles. The van der Waals surface area contributed by atoms with E-state index in [1.165, 1.54) is 5.56 Å². The van der Waals surface area contributed by atoms with E-state index in [-0.39, 0.29) is 6.10 Å². The van der Waals surface area contributed by atoms with Crippen LogP contribution in [0.5, 0.6) is 17.5 Å². The van der Waals surface area contributed by atoms with Gasteiger partial charge in [-0.3, -0.25) is 0 Å². The highest BCUT2D eigenvalue weighted by atomic mass is 16.5. The highest BCUT2D eigenvalue weighted by molar-refractivity contribution is 5.50. The van der Waals surface area contributed by atoms with Gasteiger partial charge in [-0.25, -0.2) is 0 Å². The summed E-state index contributed by atoms with van der Waals surface area (Å²) in [6.45, 7) is 7.93. The third-order valence-electron chi connectivity index (χ3n) is 2.98. The van der Waals surface area contributed by atoms with E-state index in [0.717, 1.165) is 11.3 Å². The number of nitrogens with zero attached hydrogens (tertiary/aromatic N) is 1. The maximum absolute atomic E-state index is 5.84. The zero-order chi connectivity index (χ0) is 14.7. The Kier molecular flexibility index (Phi) is 4.13. The minimum atomic E-state index is 0.0146. The summed E-state index contributed by atoms with van der Waals surface area (Å²) < 4.78 is 11.4. The van der Waals surface area contributed by atoms with Gasteiger partial charge in [0.25, 0.3) is 0 Å². The summed E-state index contributed by atoms with van der Waals surface area (Å²) in [5.41, 5.74) is 8.62. The highest BCUT2D eigenvalue weighted by Gasteiger charge is 2.09. The molecule has 0 unspecified atom stereocenters. The van der Waals surface area contributed by atoms with Crippen molar-refractivity contribution in [2.75, 3.05) is 5.73 Å². The van der Waals surface area contributed by atoms with Crippen LogP contribution < -0.4 is 15.2 Å². The van der Waals surface area contributed by atoms with Crippen molar-refractivity contribution in [3.63, 3.8) is 0 Å². The number of aromatic nitrogens is 1. The molecule has 0 aliphatic carbocycles. The van der Waals surface area contributed by atoms with Crippen LogP contribution in [0, 0.1) is 13.8 Å². The average molecular weight is 272 g/mol. The predicted molar refractivity (Wildman–Crippen MR) is 80.4 cm³/mol. The highest BCUT2D eigenvalue weighted by Crippen LogP contribution is 2.29. The van der Waals surface area contributed by atoms with Gasteiger partial charge in [-0.05, 0) is 51.0 Å². The van der Waals surface area contributed by atoms with Crippen LogP contribution in [0.15, 0.2) is 30.3 Å². The number of hydrogen-bond donors (Lipinski definition) is 1. The van der Waals surface area contributed by atoms with E-state index in [9.17, 15) is 0 Å². The Hall–Kier alpha value is -2.23. The fourth-order valence-corrected chi connectivity index (χ4v) is 1.76. The van der Waals surface area contributed by atoms with Gasteiger partial charge < -0.3 is 15.2 Å². The average Bonchev–Trinajstić information content (AvgIpc) is 2.38. The normalized spacial score (nSPS) is 10.7. The van der Waals surface area contributed by atoms with Crippen molar-refractivity contribution < 1.29 is 9.47 Å². The Morgan fingerprint density at radius 3 is 2.55 bits per heavy atom. The Labute approximate surface area is 119 Å². The summed E-state index contributed by atoms with van der Waals surface area (Å²) in [7, 11) is 0. The molecule has 2 aromatic rings. The van der Waals surface area contributed by atoms with Gasteiger partial charge >= 0.3 is 0 Å². The van der Waals surface area contributed by atoms with Gasteiger partial charge in [-0.1, -0.05) is 12.1 Å². The van der Waals surface area contributed by atoms with Gasteiger partial charge in [0.1, 0.15) is 5.75 Å². The van der Waals surface area contributed by atoms with E-state index < -0.39 is 0 Å². The first-order valence-corrected chi connectivity index (χ1v) is 6.64. The molecule has 0 spiro atoms. The predicted octanol–water partition coefficient (Wildman–Crippen LogP) is 3.86. The number of ether oxygens (including phenoxy) is 2. The fraction of sp³-hybridized carbons (Fsp3) is 0.312. The molecule has 1 heterocycles. The van der Waals surface area contributed by atoms with Crippen LogP contribution in [0.2, 0.25) is 0 Å². The van der Waals surface area contributed by atoms with Gasteiger partial charge in [0.2, 0.25) is 11.8 Å². The maximum Gasteiger partial charge on any atom is 0.240 e. The summed E-state index contributed by atoms with van der Waals surface area (Å²) in [5.74, 6) is 1.67. The largest absolute Gasteiger partial charge is 0.473 e. The lowest BCUT2D eigenvalue weighted by Gasteiger charge is -2.13. The molecule has 0 saturated heterocycles. The van der Waals surface area contributed by atoms with E-state index in [4.69, 9.17) is 15.2 Å². The molecule has 4 heteroatoms. The fourth-order valence-electron chi connectivity index (χ4n) is 1.76. The van der Waals surface area contributed by atoms with Crippen LogP contribution in [0.1, 0.15) is 25.0 Å². The van der Waals surface area contributed by atoms with Crippen LogP contribution in [0.3, 0.4) is 0 Å². The molecule has 0 aliphatic rings. The number of aryl methyl sites for hydroxylation is 1. The summed E-state index contributed by atoms with van der Waals surface area (Å²) >= 11 is 0. The Balaban J connectivity index is 2.27. The number of nitrogens with two attached hydrogens (primary N) is 1. The topological polar surface area (TPSA) is 57.4 Å². The second kappa shape index (κ2) is 5.82. The van der Waals surface area contributed by atoms with E-state index in [1.807, 2.05) is 45.9 Å². The van der Waals surface area contributed by atoms with Crippen LogP contribution >= 0.6 is 0 Å². The number of nitrogen functional groups attached to an aromatic ring is 1. The maximum atomic E-state index is 5.84. The first-order valence-electron chi connectivity index (χ1n) is 6.64. The SMILES string of the molecule is Cc1cccc(Oc2ccc(N)c(OC(C)C)n2)c1C. The Morgan fingerprint density at radius 1 is 1.10 bits per heavy atom. The van der Waals surface area contributed by atoms with Gasteiger partial charge in [-0.15, -0.1) is 0 Å². The molecule has 4 nitrogen and oxygen atoms in total. The van der Waals surface area contributed by atoms with Gasteiger partial charge in [0.05, 0.1) is 11.8 Å². The van der Waals surface area contributed by atoms with Crippen molar-refractivity contribution in [2.45, 2.75) is 33.8 Å². The molecule has 0 amide bonds. The van der Waals surface area contributed by atoms with Crippen molar-refractivity contribution in [1.29, 1.82) is 0 Å². The molecular formula is C16H20N2O2. The van der Waals surface area contributed by atoms with Crippen LogP contribution in [0.25, 0.3) is 0 Å². The molecule has 106 valence electrons. The molecule has 0 saturated carbocycles. The van der Waals surface area contributed by atoms with Crippen molar-refractivity contribution in [3.8, 4) is 17.5 Å². The number of hydrogen-bond acceptors (Lipinski definition) is 4. The minimum Gasteiger partial charge on any atom is -0.473 e. The summed E-state index contributed by atoms with van der Waals surface area (Å²) in [6.07, 6.45) is 0.0146. The molecule has 0 atom stereocenters. The zero-order valence-electron chi connectivity index (χ0n) is 12.3. The van der Waals surface area contributed by atoms with E-state index in [2.05, 4.69) is 4.98 Å². The van der Waals surface area contributed by atoms with E-state index in [1.54, 1.807) is 12.1 Å². The smallest absolute Gasteiger partial charge is 0.240 e. The van der Waals surface area contributed by atoms with Crippen molar-refractivity contribution >= 4 is 5.69 Å². The molecule has 1 aromatic heterocycles. The summed E-state index contributed by atoms with van der Waals surface area (Å²) in [4.78, 5) is 4.31. The van der Waals surface area contributed by atoms with Crippen molar-refractivity contribution in [1.82, 2.24) is 4.98 Å². The lowest BCUT2D eigenvalue weighted by molar-refractivity contribution is 0.232. The first kappa shape index (κ1) is 14.2. The lowest BCUT2D eigenvalue weighted by Crippen LogP contribution is -2.09. The van der Waals surface area contributed by atoms with Crippen molar-refractivity contribution in [2.24, 2.45) is 0 Å². The molecule has 20 heavy (non-hydrogen) atoms. The molecule has 1 aromatic carbocycles. The summed E-state index contributed by atoms with van der Waals surface area (Å²) in [6, 6.07) is 9.41. The standard InChI is InChI=1S/C16H20N2O2/c1-10(2)19-16-13(17)8-9-15(18-16)20-14-7-5-6-11(3)12(14)4/h5-10H,17H2,1-4H3. The second-order valence-corrected chi connectivity index (χ2v) is 5.01. The second-order valence-electron chi connectivity index (χ2n) is 5.01. The van der Waals surface area contributed by atoms with Crippen molar-refractivity contribution in [3.05, 3.63) is 41.5 Å². The third-order valence-corrected chi connectivity index (χ3v) is 2.98. The summed E-state index contributed by atoms with van der Waals surface area (Å²) in [5, 5.41) is 0. The molecule has 2 N–H and O–H groups in total. The molecule has 0 bridgehead atoms. The van der Waals surface area contributed by atoms with Gasteiger partial charge in [0, 0.05) is 6.07 Å². The molecule has 0 radical (unpaired) electrons. The Bertz CT molecular complexity index is 609. The number of pyridine rings is 1. The third kappa shape index (κ3) is 3.20. The molecular weight excluding hydrogens is 252 g/mol. The quantitative estimate of drug-likeness (QED) is 0.918. The van der Waals surface area contributed by atoms with E-state index >= 15 is 0 Å². The first-order chi connectivity index (χ1) is 9.47. The van der Waals surface area contributed by atoms with E-state index in [0.29, 0.717) is 17.4 Å². The van der Waals surface area contributed by atoms with Crippen LogP contribution in [-0.2, 0) is 0 Å². The number of benzene rings is 1. The monoisotopic (exact) mass is 272 g/mol. The lowest BCUT2D eigenvalue weighted by atomic mass is 10.1. The van der Waals surface area contributed by atoms with Gasteiger partial charge in [0.15, 0.2) is 0 Å². The van der Waals surface area contributed by atoms with Crippen LogP contribution in [0.4, 0.5) is 5.69 Å². The Morgan fingerprint density at radius 2 is 1.85 bits per heavy atom. The van der Waals surface area contributed by atoms with Crippen LogP contribution in [-0.4, -0.2) is 11.1 Å². The molecule has 0 fully saturated rings. The minimum absolute atomic E-state index is 0.0146. The number of anilines is 1. The molecule has 2 rings (SSSR count).